The van der Waals surface area contributed by atoms with Crippen LogP contribution in [0.5, 0.6) is 0 Å². The Morgan fingerprint density at radius 2 is 2.00 bits per heavy atom. The lowest BCUT2D eigenvalue weighted by atomic mass is 10.1. The SMILES string of the molecule is COC(=O)C1CC(=O)N(c2cc(Cl)c(N)c(Cl)c2)C1. The Morgan fingerprint density at radius 1 is 1.42 bits per heavy atom. The predicted octanol–water partition coefficient (Wildman–Crippen LogP) is 2.10. The number of carbonyl (C=O) groups excluding carboxylic acids is 2. The molecule has 0 spiro atoms. The zero-order chi connectivity index (χ0) is 14.2. The number of anilines is 2. The summed E-state index contributed by atoms with van der Waals surface area (Å²) in [6.07, 6.45) is 0.117. The van der Waals surface area contributed by atoms with Gasteiger partial charge in [-0.05, 0) is 12.1 Å². The number of ether oxygens (including phenoxy) is 1. The molecule has 1 amide bonds. The molecule has 0 aromatic heterocycles. The number of carbonyl (C=O) groups is 2. The zero-order valence-corrected chi connectivity index (χ0v) is 11.7. The molecule has 1 saturated heterocycles. The van der Waals surface area contributed by atoms with E-state index in [1.165, 1.54) is 12.0 Å². The third kappa shape index (κ3) is 2.62. The molecule has 0 saturated carbocycles. The maximum atomic E-state index is 11.9. The molecule has 7 heteroatoms. The Bertz CT molecular complexity index is 525. The van der Waals surface area contributed by atoms with Gasteiger partial charge in [0, 0.05) is 18.7 Å². The van der Waals surface area contributed by atoms with E-state index >= 15 is 0 Å². The van der Waals surface area contributed by atoms with Gasteiger partial charge in [-0.3, -0.25) is 9.59 Å². The van der Waals surface area contributed by atoms with Gasteiger partial charge in [-0.25, -0.2) is 0 Å². The predicted molar refractivity (Wildman–Crippen MR) is 73.4 cm³/mol. The number of nitrogens with zero attached hydrogens (tertiary/aromatic N) is 1. The molecule has 1 unspecified atom stereocenters. The van der Waals surface area contributed by atoms with Crippen molar-refractivity contribution in [3.05, 3.63) is 22.2 Å². The number of hydrogen-bond acceptors (Lipinski definition) is 4. The van der Waals surface area contributed by atoms with E-state index in [1.54, 1.807) is 12.1 Å². The highest BCUT2D eigenvalue weighted by Crippen LogP contribution is 2.35. The monoisotopic (exact) mass is 302 g/mol. The minimum absolute atomic E-state index is 0.117. The van der Waals surface area contributed by atoms with Gasteiger partial charge in [0.25, 0.3) is 0 Å². The van der Waals surface area contributed by atoms with Crippen LogP contribution in [0.1, 0.15) is 6.42 Å². The molecule has 1 aliphatic heterocycles. The summed E-state index contributed by atoms with van der Waals surface area (Å²) < 4.78 is 4.64. The van der Waals surface area contributed by atoms with E-state index in [4.69, 9.17) is 28.9 Å². The molecule has 2 N–H and O–H groups in total. The molecular weight excluding hydrogens is 291 g/mol. The van der Waals surface area contributed by atoms with Crippen molar-refractivity contribution in [1.29, 1.82) is 0 Å². The molecule has 1 aliphatic rings. The van der Waals surface area contributed by atoms with Gasteiger partial charge in [-0.15, -0.1) is 0 Å². The van der Waals surface area contributed by atoms with Crippen molar-refractivity contribution in [3.63, 3.8) is 0 Å². The molecule has 0 bridgehead atoms. The van der Waals surface area contributed by atoms with Crippen LogP contribution in [0.15, 0.2) is 12.1 Å². The van der Waals surface area contributed by atoms with E-state index in [0.29, 0.717) is 5.69 Å². The molecule has 1 aromatic carbocycles. The second-order valence-electron chi connectivity index (χ2n) is 4.25. The highest BCUT2D eigenvalue weighted by molar-refractivity contribution is 6.39. The van der Waals surface area contributed by atoms with Crippen LogP contribution in [-0.2, 0) is 14.3 Å². The van der Waals surface area contributed by atoms with Crippen molar-refractivity contribution in [3.8, 4) is 0 Å². The summed E-state index contributed by atoms with van der Waals surface area (Å²) >= 11 is 11.9. The molecule has 1 atom stereocenters. The number of amides is 1. The number of hydrogen-bond donors (Lipinski definition) is 1. The third-order valence-corrected chi connectivity index (χ3v) is 3.66. The summed E-state index contributed by atoms with van der Waals surface area (Å²) in [5, 5.41) is 0.550. The number of rotatable bonds is 2. The second-order valence-corrected chi connectivity index (χ2v) is 5.07. The van der Waals surface area contributed by atoms with Crippen LogP contribution < -0.4 is 10.6 Å². The van der Waals surface area contributed by atoms with Gasteiger partial charge in [-0.1, -0.05) is 23.2 Å². The Morgan fingerprint density at radius 3 is 2.53 bits per heavy atom. The average Bonchev–Trinajstić information content (AvgIpc) is 2.76. The zero-order valence-electron chi connectivity index (χ0n) is 10.2. The third-order valence-electron chi connectivity index (χ3n) is 3.04. The lowest BCUT2D eigenvalue weighted by molar-refractivity contribution is -0.145. The van der Waals surface area contributed by atoms with E-state index in [-0.39, 0.29) is 34.6 Å². The molecule has 0 radical (unpaired) electrons. The summed E-state index contributed by atoms with van der Waals surface area (Å²) in [6, 6.07) is 3.11. The Kier molecular flexibility index (Phi) is 3.87. The molecule has 5 nitrogen and oxygen atoms in total. The smallest absolute Gasteiger partial charge is 0.311 e. The molecule has 1 heterocycles. The minimum Gasteiger partial charge on any atom is -0.469 e. The number of halogens is 2. The molecule has 19 heavy (non-hydrogen) atoms. The Hall–Kier alpha value is -1.46. The van der Waals surface area contributed by atoms with Crippen LogP contribution >= 0.6 is 23.2 Å². The topological polar surface area (TPSA) is 72.6 Å². The molecule has 2 rings (SSSR count). The summed E-state index contributed by atoms with van der Waals surface area (Å²) in [6.45, 7) is 0.252. The summed E-state index contributed by atoms with van der Waals surface area (Å²) in [4.78, 5) is 24.8. The van der Waals surface area contributed by atoms with Gasteiger partial charge in [0.2, 0.25) is 5.91 Å². The van der Waals surface area contributed by atoms with Crippen molar-refractivity contribution in [1.82, 2.24) is 0 Å². The lowest BCUT2D eigenvalue weighted by Crippen LogP contribution is -2.26. The lowest BCUT2D eigenvalue weighted by Gasteiger charge is -2.17. The highest BCUT2D eigenvalue weighted by atomic mass is 35.5. The van der Waals surface area contributed by atoms with Crippen LogP contribution in [0.4, 0.5) is 11.4 Å². The normalized spacial score (nSPS) is 18.8. The van der Waals surface area contributed by atoms with Crippen molar-refractivity contribution in [2.45, 2.75) is 6.42 Å². The Labute approximate surface area is 120 Å². The van der Waals surface area contributed by atoms with Gasteiger partial charge >= 0.3 is 5.97 Å². The van der Waals surface area contributed by atoms with E-state index in [2.05, 4.69) is 4.74 Å². The number of nitrogens with two attached hydrogens (primary N) is 1. The molecule has 102 valence electrons. The summed E-state index contributed by atoms with van der Waals surface area (Å²) in [7, 11) is 1.30. The van der Waals surface area contributed by atoms with Crippen molar-refractivity contribution in [2.24, 2.45) is 5.92 Å². The highest BCUT2D eigenvalue weighted by Gasteiger charge is 2.36. The van der Waals surface area contributed by atoms with Gasteiger partial charge in [0.15, 0.2) is 0 Å². The van der Waals surface area contributed by atoms with Crippen molar-refractivity contribution < 1.29 is 14.3 Å². The van der Waals surface area contributed by atoms with Crippen LogP contribution in [0.3, 0.4) is 0 Å². The number of benzene rings is 1. The number of nitrogen functional groups attached to an aromatic ring is 1. The van der Waals surface area contributed by atoms with E-state index in [1.807, 2.05) is 0 Å². The first kappa shape index (κ1) is 14.0. The van der Waals surface area contributed by atoms with Gasteiger partial charge in [-0.2, -0.15) is 0 Å². The maximum absolute atomic E-state index is 11.9. The average molecular weight is 303 g/mol. The van der Waals surface area contributed by atoms with Crippen LogP contribution in [0.2, 0.25) is 10.0 Å². The van der Waals surface area contributed by atoms with E-state index in [9.17, 15) is 9.59 Å². The summed E-state index contributed by atoms with van der Waals surface area (Å²) in [5.74, 6) is -1.04. The molecule has 1 aromatic rings. The van der Waals surface area contributed by atoms with Gasteiger partial charge < -0.3 is 15.4 Å². The van der Waals surface area contributed by atoms with Crippen molar-refractivity contribution in [2.75, 3.05) is 24.3 Å². The first-order valence-electron chi connectivity index (χ1n) is 5.56. The van der Waals surface area contributed by atoms with Crippen LogP contribution in [0, 0.1) is 5.92 Å². The first-order valence-corrected chi connectivity index (χ1v) is 6.32. The van der Waals surface area contributed by atoms with Crippen molar-refractivity contribution >= 4 is 46.5 Å². The van der Waals surface area contributed by atoms with Gasteiger partial charge in [0.1, 0.15) is 0 Å². The fourth-order valence-corrected chi connectivity index (χ4v) is 2.48. The minimum atomic E-state index is -0.465. The standard InChI is InChI=1S/C12H12Cl2N2O3/c1-19-12(18)6-2-10(17)16(5-6)7-3-8(13)11(15)9(14)4-7/h3-4,6H,2,5,15H2,1H3. The van der Waals surface area contributed by atoms with E-state index in [0.717, 1.165) is 0 Å². The fourth-order valence-electron chi connectivity index (χ4n) is 2.01. The largest absolute Gasteiger partial charge is 0.469 e. The maximum Gasteiger partial charge on any atom is 0.311 e. The number of methoxy groups -OCH3 is 1. The van der Waals surface area contributed by atoms with Crippen LogP contribution in [0.25, 0.3) is 0 Å². The molecular formula is C12H12Cl2N2O3. The number of esters is 1. The quantitative estimate of drug-likeness (QED) is 0.671. The molecule has 1 fully saturated rings. The fraction of sp³-hybridized carbons (Fsp3) is 0.333. The Balaban J connectivity index is 2.28. The van der Waals surface area contributed by atoms with Crippen LogP contribution in [-0.4, -0.2) is 25.5 Å². The van der Waals surface area contributed by atoms with Gasteiger partial charge in [0.05, 0.1) is 28.8 Å². The summed E-state index contributed by atoms with van der Waals surface area (Å²) in [5.41, 5.74) is 6.43. The molecule has 0 aliphatic carbocycles. The first-order chi connectivity index (χ1) is 8.93. The second kappa shape index (κ2) is 5.27. The van der Waals surface area contributed by atoms with E-state index < -0.39 is 11.9 Å².